The van der Waals surface area contributed by atoms with E-state index >= 15 is 0 Å². The van der Waals surface area contributed by atoms with Crippen LogP contribution in [-0.4, -0.2) is 71.4 Å². The minimum absolute atomic E-state index is 0.0471. The molecule has 13 heteroatoms. The lowest BCUT2D eigenvalue weighted by atomic mass is 9.80. The van der Waals surface area contributed by atoms with E-state index in [0.29, 0.717) is 23.5 Å². The van der Waals surface area contributed by atoms with Gasteiger partial charge in [-0.15, -0.1) is 24.7 Å². The van der Waals surface area contributed by atoms with Crippen molar-refractivity contribution >= 4 is 20.0 Å². The van der Waals surface area contributed by atoms with Crippen molar-refractivity contribution < 1.29 is 28.3 Å². The van der Waals surface area contributed by atoms with E-state index in [2.05, 4.69) is 60.6 Å². The van der Waals surface area contributed by atoms with Crippen molar-refractivity contribution in [1.29, 1.82) is 5.26 Å². The van der Waals surface area contributed by atoms with E-state index < -0.39 is 37.8 Å². The number of methoxy groups -OCH3 is 2. The van der Waals surface area contributed by atoms with Gasteiger partial charge in [-0.1, -0.05) is 54.6 Å². The van der Waals surface area contributed by atoms with Crippen LogP contribution in [0.1, 0.15) is 81.9 Å². The third kappa shape index (κ3) is 11.1. The van der Waals surface area contributed by atoms with Gasteiger partial charge in [-0.3, -0.25) is 14.0 Å². The topological polar surface area (TPSA) is 137 Å². The SMILES string of the molecule is C#CCCC(=O)Nc1nc(=O)n([C@H]2CC(P(OCC(C#N)CC#C)N(C(C)C)C(C)C)[C@@H](COC(c3ccccc3)(c3ccc(OC)cc3)c3ccc(OC)cc3)O2)cc1C. The summed E-state index contributed by atoms with van der Waals surface area (Å²) in [7, 11) is 1.75. The van der Waals surface area contributed by atoms with Crippen LogP contribution in [0.5, 0.6) is 11.5 Å². The maximum absolute atomic E-state index is 13.9. The van der Waals surface area contributed by atoms with Gasteiger partial charge >= 0.3 is 5.69 Å². The number of carbonyl (C=O) groups is 1. The molecule has 12 nitrogen and oxygen atoms in total. The monoisotopic (exact) mass is 845 g/mol. The van der Waals surface area contributed by atoms with Crippen LogP contribution < -0.4 is 20.5 Å². The number of hydrogen-bond donors (Lipinski definition) is 1. The number of rotatable bonds is 20. The third-order valence-electron chi connectivity index (χ3n) is 10.6. The van der Waals surface area contributed by atoms with Crippen LogP contribution >= 0.6 is 8.30 Å². The Balaban J connectivity index is 1.65. The summed E-state index contributed by atoms with van der Waals surface area (Å²) in [6.07, 6.45) is 12.2. The summed E-state index contributed by atoms with van der Waals surface area (Å²) in [5.74, 6) is 5.77. The first-order valence-electron chi connectivity index (χ1n) is 20.4. The van der Waals surface area contributed by atoms with Crippen molar-refractivity contribution in [1.82, 2.24) is 14.2 Å². The molecule has 1 saturated heterocycles. The molecule has 5 rings (SSSR count). The van der Waals surface area contributed by atoms with Crippen molar-refractivity contribution in [2.75, 3.05) is 32.8 Å². The number of amides is 1. The second-order valence-electron chi connectivity index (χ2n) is 15.4. The molecule has 1 amide bonds. The number of hydrogen-bond acceptors (Lipinski definition) is 10. The van der Waals surface area contributed by atoms with Gasteiger partial charge in [-0.05, 0) is 75.6 Å². The maximum atomic E-state index is 13.9. The highest BCUT2D eigenvalue weighted by Crippen LogP contribution is 2.57. The van der Waals surface area contributed by atoms with Crippen LogP contribution in [0.2, 0.25) is 0 Å². The molecule has 1 aliphatic rings. The van der Waals surface area contributed by atoms with Gasteiger partial charge in [0.1, 0.15) is 37.4 Å². The standard InChI is InChI=1S/C48H56N5O7P/c1-10-12-19-44(54)50-46-35(7)30-52(47(55)51-46)45-28-43(61(53(33(3)4)34(5)6)59-31-36(29-49)16-11-2)42(60-45)32-58-48(37-17-14-13-15-18-37,38-20-24-40(56-8)25-21-38)39-22-26-41(57-9)27-23-39/h1-2,13-15,17-18,20-27,30,33-34,36,42-43,45H,12,16,19,28,31-32H2,3-9H3,(H,50,51,54,55)/t36?,42-,43?,45-,61?/m1/s1. The number of ether oxygens (including phenoxy) is 4. The fourth-order valence-electron chi connectivity index (χ4n) is 7.66. The highest BCUT2D eigenvalue weighted by atomic mass is 31.2. The predicted molar refractivity (Wildman–Crippen MR) is 238 cm³/mol. The van der Waals surface area contributed by atoms with Gasteiger partial charge < -0.3 is 28.8 Å². The second kappa shape index (κ2) is 21.8. The molecule has 3 aromatic carbocycles. The van der Waals surface area contributed by atoms with Gasteiger partial charge in [0, 0.05) is 49.5 Å². The van der Waals surface area contributed by atoms with E-state index in [-0.39, 0.29) is 61.9 Å². The smallest absolute Gasteiger partial charge is 0.351 e. The van der Waals surface area contributed by atoms with E-state index in [1.54, 1.807) is 27.3 Å². The largest absolute Gasteiger partial charge is 0.497 e. The van der Waals surface area contributed by atoms with Gasteiger partial charge in [0.2, 0.25) is 5.91 Å². The fraction of sp³-hybridized carbons (Fsp3) is 0.417. The molecular formula is C48H56N5O7P. The number of nitrogens with one attached hydrogen (secondary N) is 1. The molecule has 0 radical (unpaired) electrons. The Kier molecular flexibility index (Phi) is 16.7. The van der Waals surface area contributed by atoms with Crippen molar-refractivity contribution in [2.45, 2.75) is 96.0 Å². The average Bonchev–Trinajstić information content (AvgIpc) is 3.69. The maximum Gasteiger partial charge on any atom is 0.351 e. The Hall–Kier alpha value is -5.51. The molecule has 0 saturated carbocycles. The number of benzene rings is 3. The summed E-state index contributed by atoms with van der Waals surface area (Å²) >= 11 is 0. The van der Waals surface area contributed by atoms with E-state index in [1.807, 2.05) is 78.9 Å². The normalized spacial score (nSPS) is 17.3. The van der Waals surface area contributed by atoms with Crippen LogP contribution in [0.3, 0.4) is 0 Å². The molecule has 320 valence electrons. The molecule has 1 aliphatic heterocycles. The van der Waals surface area contributed by atoms with Crippen molar-refractivity contribution in [2.24, 2.45) is 5.92 Å². The molecule has 4 aromatic rings. The zero-order chi connectivity index (χ0) is 44.1. The molecule has 61 heavy (non-hydrogen) atoms. The van der Waals surface area contributed by atoms with Gasteiger partial charge in [0.25, 0.3) is 0 Å². The molecule has 5 atom stereocenters. The molecule has 0 spiro atoms. The summed E-state index contributed by atoms with van der Waals surface area (Å²) in [6, 6.07) is 28.0. The van der Waals surface area contributed by atoms with Crippen LogP contribution in [0.25, 0.3) is 0 Å². The summed E-state index contributed by atoms with van der Waals surface area (Å²) < 4.78 is 36.1. The van der Waals surface area contributed by atoms with E-state index in [9.17, 15) is 14.9 Å². The molecule has 0 bridgehead atoms. The number of aryl methyl sites for hydroxylation is 1. The number of anilines is 1. The highest BCUT2D eigenvalue weighted by molar-refractivity contribution is 7.51. The summed E-state index contributed by atoms with van der Waals surface area (Å²) in [5.41, 5.74) is 1.08. The van der Waals surface area contributed by atoms with Gasteiger partial charge in [0.05, 0.1) is 51.2 Å². The number of nitriles is 1. The van der Waals surface area contributed by atoms with Crippen molar-refractivity contribution in [3.63, 3.8) is 0 Å². The van der Waals surface area contributed by atoms with Crippen LogP contribution in [0, 0.1) is 48.9 Å². The molecule has 2 heterocycles. The quantitative estimate of drug-likeness (QED) is 0.0527. The first-order chi connectivity index (χ1) is 29.4. The lowest BCUT2D eigenvalue weighted by Gasteiger charge is -2.42. The lowest BCUT2D eigenvalue weighted by molar-refractivity contribution is -0.116. The minimum Gasteiger partial charge on any atom is -0.497 e. The van der Waals surface area contributed by atoms with E-state index in [4.69, 9.17) is 36.3 Å². The van der Waals surface area contributed by atoms with Crippen LogP contribution in [-0.2, 0) is 24.4 Å². The number of terminal acetylenes is 2. The first-order valence-corrected chi connectivity index (χ1v) is 21.7. The molecule has 3 unspecified atom stereocenters. The second-order valence-corrected chi connectivity index (χ2v) is 17.4. The molecule has 1 aromatic heterocycles. The van der Waals surface area contributed by atoms with Crippen LogP contribution in [0.15, 0.2) is 89.9 Å². The Morgan fingerprint density at radius 2 is 1.56 bits per heavy atom. The Labute approximate surface area is 361 Å². The summed E-state index contributed by atoms with van der Waals surface area (Å²) in [4.78, 5) is 30.7. The van der Waals surface area contributed by atoms with E-state index in [0.717, 1.165) is 16.7 Å². The zero-order valence-corrected chi connectivity index (χ0v) is 36.9. The van der Waals surface area contributed by atoms with Gasteiger partial charge in [-0.2, -0.15) is 10.2 Å². The Bertz CT molecular complexity index is 2190. The molecular weight excluding hydrogens is 790 g/mol. The Morgan fingerprint density at radius 1 is 0.967 bits per heavy atom. The molecule has 0 aliphatic carbocycles. The number of aromatic nitrogens is 2. The predicted octanol–water partition coefficient (Wildman–Crippen LogP) is 8.20. The highest BCUT2D eigenvalue weighted by Gasteiger charge is 2.48. The lowest BCUT2D eigenvalue weighted by Crippen LogP contribution is -2.41. The fourth-order valence-corrected chi connectivity index (χ4v) is 10.4. The van der Waals surface area contributed by atoms with Crippen molar-refractivity contribution in [3.05, 3.63) is 118 Å². The summed E-state index contributed by atoms with van der Waals surface area (Å²) in [6.45, 7) is 10.4. The molecule has 1 fully saturated rings. The summed E-state index contributed by atoms with van der Waals surface area (Å²) in [5, 5.41) is 12.7. The Morgan fingerprint density at radius 3 is 2.08 bits per heavy atom. The van der Waals surface area contributed by atoms with Gasteiger partial charge in [-0.25, -0.2) is 4.79 Å². The van der Waals surface area contributed by atoms with Crippen LogP contribution in [0.4, 0.5) is 5.82 Å². The first kappa shape index (κ1) is 46.6. The average molecular weight is 846 g/mol. The number of carbonyl (C=O) groups excluding carboxylic acids is 1. The van der Waals surface area contributed by atoms with Gasteiger partial charge in [0.15, 0.2) is 0 Å². The third-order valence-corrected chi connectivity index (χ3v) is 13.5. The minimum atomic E-state index is -1.51. The zero-order valence-electron chi connectivity index (χ0n) is 36.0. The molecule has 1 N–H and O–H groups in total. The van der Waals surface area contributed by atoms with Crippen molar-refractivity contribution in [3.8, 4) is 42.3 Å². The number of nitrogens with zero attached hydrogens (tertiary/aromatic N) is 4. The van der Waals surface area contributed by atoms with E-state index in [1.165, 1.54) is 4.57 Å².